The van der Waals surface area contributed by atoms with Crippen LogP contribution in [-0.4, -0.2) is 19.8 Å². The van der Waals surface area contributed by atoms with Crippen molar-refractivity contribution in [2.75, 3.05) is 0 Å². The van der Waals surface area contributed by atoms with Crippen molar-refractivity contribution in [3.8, 4) is 11.8 Å². The quantitative estimate of drug-likeness (QED) is 0.724. The van der Waals surface area contributed by atoms with Crippen molar-refractivity contribution < 1.29 is 0 Å². The van der Waals surface area contributed by atoms with Gasteiger partial charge in [-0.25, -0.2) is 4.79 Å². The van der Waals surface area contributed by atoms with Crippen LogP contribution in [0.3, 0.4) is 0 Å². The molecular weight excluding hydrogens is 266 g/mol. The Morgan fingerprint density at radius 1 is 1.00 bits per heavy atom. The smallest absolute Gasteiger partial charge is 0.244 e. The molecule has 1 heterocycles. The summed E-state index contributed by atoms with van der Waals surface area (Å²) >= 11 is 0. The van der Waals surface area contributed by atoms with E-state index < -0.39 is 0 Å². The highest BCUT2D eigenvalue weighted by molar-refractivity contribution is 5.32. The van der Waals surface area contributed by atoms with Crippen molar-refractivity contribution in [1.29, 1.82) is 5.26 Å². The summed E-state index contributed by atoms with van der Waals surface area (Å²) in [5.74, 6) is 0. The van der Waals surface area contributed by atoms with Gasteiger partial charge in [0.2, 0.25) is 0 Å². The van der Waals surface area contributed by atoms with E-state index in [1.54, 1.807) is 36.4 Å². The Balaban J connectivity index is 1.89. The Morgan fingerprint density at radius 3 is 2.38 bits per heavy atom. The summed E-state index contributed by atoms with van der Waals surface area (Å²) in [5, 5.41) is 16.5. The fourth-order valence-electron chi connectivity index (χ4n) is 1.96. The van der Waals surface area contributed by atoms with Gasteiger partial charge in [-0.3, -0.25) is 0 Å². The van der Waals surface area contributed by atoms with E-state index >= 15 is 0 Å². The molecule has 0 aliphatic carbocycles. The highest BCUT2D eigenvalue weighted by Crippen LogP contribution is 2.05. The number of nitriles is 1. The summed E-state index contributed by atoms with van der Waals surface area (Å²) in [4.78, 5) is 12.2. The summed E-state index contributed by atoms with van der Waals surface area (Å²) in [6.07, 6.45) is 0. The Labute approximate surface area is 120 Å². The largest absolute Gasteiger partial charge is 0.368 e. The van der Waals surface area contributed by atoms with E-state index in [4.69, 9.17) is 5.26 Å². The molecule has 0 atom stereocenters. The molecule has 1 aromatic heterocycles. The zero-order valence-corrected chi connectivity index (χ0v) is 11.0. The first-order valence-corrected chi connectivity index (χ1v) is 6.35. The topological polar surface area (TPSA) is 76.5 Å². The van der Waals surface area contributed by atoms with Crippen molar-refractivity contribution in [2.45, 2.75) is 6.54 Å². The molecule has 0 amide bonds. The van der Waals surface area contributed by atoms with Gasteiger partial charge in [0, 0.05) is 0 Å². The molecule has 0 unspecified atom stereocenters. The second-order valence-electron chi connectivity index (χ2n) is 4.48. The van der Waals surface area contributed by atoms with Gasteiger partial charge in [-0.05, 0) is 40.3 Å². The van der Waals surface area contributed by atoms with Gasteiger partial charge in [-0.15, -0.1) is 0 Å². The molecular formula is C15H11N5O. The van der Waals surface area contributed by atoms with Gasteiger partial charge >= 0.3 is 5.69 Å². The van der Waals surface area contributed by atoms with Crippen LogP contribution in [0.1, 0.15) is 11.1 Å². The van der Waals surface area contributed by atoms with Gasteiger partial charge in [-0.1, -0.05) is 30.3 Å². The average molecular weight is 277 g/mol. The Morgan fingerprint density at radius 2 is 1.71 bits per heavy atom. The highest BCUT2D eigenvalue weighted by Gasteiger charge is 2.08. The molecule has 0 spiro atoms. The summed E-state index contributed by atoms with van der Waals surface area (Å²) in [6, 6.07) is 18.2. The Bertz CT molecular complexity index is 840. The number of hydrogen-bond acceptors (Lipinski definition) is 4. The number of tetrazole rings is 1. The summed E-state index contributed by atoms with van der Waals surface area (Å²) < 4.78 is 2.54. The third-order valence-electron chi connectivity index (χ3n) is 3.06. The van der Waals surface area contributed by atoms with E-state index in [0.717, 1.165) is 5.56 Å². The number of aromatic nitrogens is 4. The van der Waals surface area contributed by atoms with Crippen LogP contribution in [0.4, 0.5) is 0 Å². The maximum Gasteiger partial charge on any atom is 0.368 e. The van der Waals surface area contributed by atoms with Crippen molar-refractivity contribution in [3.05, 3.63) is 76.2 Å². The first-order valence-electron chi connectivity index (χ1n) is 6.35. The zero-order chi connectivity index (χ0) is 14.7. The second-order valence-corrected chi connectivity index (χ2v) is 4.48. The minimum absolute atomic E-state index is 0.300. The third kappa shape index (κ3) is 2.58. The lowest BCUT2D eigenvalue weighted by Gasteiger charge is -1.99. The Hall–Kier alpha value is -3.20. The first-order chi connectivity index (χ1) is 10.3. The van der Waals surface area contributed by atoms with Crippen LogP contribution in [0.2, 0.25) is 0 Å². The molecule has 6 heteroatoms. The predicted octanol–water partition coefficient (Wildman–Crippen LogP) is 1.35. The second kappa shape index (κ2) is 5.43. The summed E-state index contributed by atoms with van der Waals surface area (Å²) in [5.41, 5.74) is 1.84. The lowest BCUT2D eigenvalue weighted by Crippen LogP contribution is -2.24. The van der Waals surface area contributed by atoms with Crippen molar-refractivity contribution >= 4 is 0 Å². The number of rotatable bonds is 3. The molecule has 21 heavy (non-hydrogen) atoms. The van der Waals surface area contributed by atoms with Crippen LogP contribution in [-0.2, 0) is 6.54 Å². The molecule has 0 aliphatic rings. The zero-order valence-electron chi connectivity index (χ0n) is 11.0. The molecule has 0 N–H and O–H groups in total. The maximum atomic E-state index is 12.2. The lowest BCUT2D eigenvalue weighted by atomic mass is 10.1. The molecule has 0 radical (unpaired) electrons. The number of para-hydroxylation sites is 1. The molecule has 0 fully saturated rings. The van der Waals surface area contributed by atoms with Gasteiger partial charge in [-0.2, -0.15) is 14.6 Å². The third-order valence-corrected chi connectivity index (χ3v) is 3.06. The van der Waals surface area contributed by atoms with E-state index in [9.17, 15) is 4.79 Å². The van der Waals surface area contributed by atoms with Gasteiger partial charge in [0.05, 0.1) is 23.9 Å². The SMILES string of the molecule is N#Cc1ccc(Cn2nnn(-c3ccccc3)c2=O)cc1. The van der Waals surface area contributed by atoms with Crippen LogP contribution < -0.4 is 5.69 Å². The summed E-state index contributed by atoms with van der Waals surface area (Å²) in [7, 11) is 0. The van der Waals surface area contributed by atoms with E-state index in [2.05, 4.69) is 16.5 Å². The van der Waals surface area contributed by atoms with Gasteiger partial charge < -0.3 is 0 Å². The fraction of sp³-hybridized carbons (Fsp3) is 0.0667. The van der Waals surface area contributed by atoms with Crippen LogP contribution in [0.5, 0.6) is 0 Å². The minimum atomic E-state index is -0.300. The molecule has 0 saturated heterocycles. The molecule has 0 saturated carbocycles. The first kappa shape index (κ1) is 12.8. The number of benzene rings is 2. The molecule has 102 valence electrons. The fourth-order valence-corrected chi connectivity index (χ4v) is 1.96. The van der Waals surface area contributed by atoms with Crippen molar-refractivity contribution in [2.24, 2.45) is 0 Å². The Kier molecular flexibility index (Phi) is 3.31. The monoisotopic (exact) mass is 277 g/mol. The maximum absolute atomic E-state index is 12.2. The van der Waals surface area contributed by atoms with Crippen LogP contribution in [0, 0.1) is 11.3 Å². The van der Waals surface area contributed by atoms with E-state index in [0.29, 0.717) is 17.8 Å². The molecule has 3 aromatic rings. The van der Waals surface area contributed by atoms with Crippen molar-refractivity contribution in [1.82, 2.24) is 19.8 Å². The number of hydrogen-bond donors (Lipinski definition) is 0. The molecule has 6 nitrogen and oxygen atoms in total. The molecule has 2 aromatic carbocycles. The van der Waals surface area contributed by atoms with Gasteiger partial charge in [0.25, 0.3) is 0 Å². The van der Waals surface area contributed by atoms with Crippen molar-refractivity contribution in [3.63, 3.8) is 0 Å². The average Bonchev–Trinajstić information content (AvgIpc) is 2.90. The van der Waals surface area contributed by atoms with Crippen LogP contribution in [0.15, 0.2) is 59.4 Å². The van der Waals surface area contributed by atoms with E-state index in [1.165, 1.54) is 9.36 Å². The molecule has 3 rings (SSSR count). The molecule has 0 bridgehead atoms. The predicted molar refractivity (Wildman–Crippen MR) is 75.9 cm³/mol. The lowest BCUT2D eigenvalue weighted by molar-refractivity contribution is 0.632. The van der Waals surface area contributed by atoms with Crippen LogP contribution in [0.25, 0.3) is 5.69 Å². The highest BCUT2D eigenvalue weighted by atomic mass is 16.2. The van der Waals surface area contributed by atoms with Crippen LogP contribution >= 0.6 is 0 Å². The van der Waals surface area contributed by atoms with E-state index in [-0.39, 0.29) is 5.69 Å². The van der Waals surface area contributed by atoms with E-state index in [1.807, 2.05) is 18.2 Å². The minimum Gasteiger partial charge on any atom is -0.244 e. The normalized spacial score (nSPS) is 10.2. The number of nitrogens with zero attached hydrogens (tertiary/aromatic N) is 5. The van der Waals surface area contributed by atoms with Gasteiger partial charge in [0.15, 0.2) is 0 Å². The summed E-state index contributed by atoms with van der Waals surface area (Å²) in [6.45, 7) is 0.317. The molecule has 0 aliphatic heterocycles. The van der Waals surface area contributed by atoms with Gasteiger partial charge in [0.1, 0.15) is 0 Å². The standard InChI is InChI=1S/C15H11N5O/c16-10-12-6-8-13(9-7-12)11-19-15(21)20(18-17-19)14-4-2-1-3-5-14/h1-9H,11H2.